The summed E-state index contributed by atoms with van der Waals surface area (Å²) in [5.74, 6) is 0. The highest BCUT2D eigenvalue weighted by Crippen LogP contribution is 2.49. The Labute approximate surface area is 205 Å². The van der Waals surface area contributed by atoms with Gasteiger partial charge in [-0.2, -0.15) is 26.3 Å². The maximum atomic E-state index is 13.5. The molecule has 0 saturated carbocycles. The van der Waals surface area contributed by atoms with E-state index in [1.165, 1.54) is 6.33 Å². The molecule has 1 saturated heterocycles. The van der Waals surface area contributed by atoms with Gasteiger partial charge in [-0.15, -0.1) is 0 Å². The van der Waals surface area contributed by atoms with E-state index in [1.54, 1.807) is 24.4 Å². The minimum atomic E-state index is -5.12. The maximum Gasteiger partial charge on any atom is 0.418 e. The van der Waals surface area contributed by atoms with Crippen LogP contribution in [0.4, 0.5) is 35.9 Å². The number of ether oxygens (including phenoxy) is 1. The van der Waals surface area contributed by atoms with E-state index in [2.05, 4.69) is 15.3 Å². The fourth-order valence-electron chi connectivity index (χ4n) is 4.60. The Bertz CT molecular complexity index is 1290. The molecule has 3 atom stereocenters. The number of fused-ring (bicyclic) bond motifs is 1. The molecular weight excluding hydrogens is 510 g/mol. The van der Waals surface area contributed by atoms with Crippen molar-refractivity contribution >= 4 is 23.0 Å². The minimum absolute atomic E-state index is 0.00465. The molecule has 198 valence electrons. The van der Waals surface area contributed by atoms with E-state index < -0.39 is 66.2 Å². The molecule has 14 heteroatoms. The number of aliphatic hydroxyl groups is 1. The Balaban J connectivity index is 1.59. The summed E-state index contributed by atoms with van der Waals surface area (Å²) in [5, 5.41) is 13.1. The van der Waals surface area contributed by atoms with Gasteiger partial charge in [0.25, 0.3) is 0 Å². The first-order chi connectivity index (χ1) is 17.2. The van der Waals surface area contributed by atoms with Crippen LogP contribution in [0.25, 0.3) is 10.9 Å². The van der Waals surface area contributed by atoms with Crippen molar-refractivity contribution in [1.29, 1.82) is 0 Å². The number of urea groups is 1. The van der Waals surface area contributed by atoms with Crippen LogP contribution in [0.5, 0.6) is 0 Å². The Kier molecular flexibility index (Phi) is 6.65. The van der Waals surface area contributed by atoms with Gasteiger partial charge in [0.05, 0.1) is 17.7 Å². The van der Waals surface area contributed by atoms with Gasteiger partial charge in [-0.05, 0) is 18.1 Å². The standard InChI is InChI=1S/C23H20F6N4O4/c1-21(6-14(22(24,25)26)5-15(7-21)23(27,28)29)18-16(10-34)33(20(36)37-18)19(35)31-9-13-4-2-3-12-8-30-11-32-17(12)13/h2-6,8,11,16,18,34H,7,9-10H2,1H3,(H,31,35)/t16-,18-,21?/m0/s1. The topological polar surface area (TPSA) is 105 Å². The number of carbonyl (C=O) groups is 2. The van der Waals surface area contributed by atoms with E-state index in [4.69, 9.17) is 4.74 Å². The van der Waals surface area contributed by atoms with Gasteiger partial charge in [0.1, 0.15) is 18.5 Å². The lowest BCUT2D eigenvalue weighted by molar-refractivity contribution is -0.105. The largest absolute Gasteiger partial charge is 0.442 e. The number of para-hydroxylation sites is 1. The van der Waals surface area contributed by atoms with Gasteiger partial charge in [-0.1, -0.05) is 31.2 Å². The van der Waals surface area contributed by atoms with Gasteiger partial charge in [0, 0.05) is 29.1 Å². The lowest BCUT2D eigenvalue weighted by atomic mass is 9.71. The smallest absolute Gasteiger partial charge is 0.418 e. The molecule has 4 rings (SSSR count). The molecule has 2 aromatic rings. The van der Waals surface area contributed by atoms with Crippen molar-refractivity contribution in [1.82, 2.24) is 20.2 Å². The highest BCUT2D eigenvalue weighted by molar-refractivity contribution is 5.93. The fraction of sp³-hybridized carbons (Fsp3) is 0.391. The van der Waals surface area contributed by atoms with E-state index in [9.17, 15) is 41.0 Å². The molecule has 8 nitrogen and oxygen atoms in total. The number of rotatable bonds is 4. The third-order valence-electron chi connectivity index (χ3n) is 6.29. The van der Waals surface area contributed by atoms with Gasteiger partial charge in [0.2, 0.25) is 0 Å². The molecule has 1 aliphatic carbocycles. The maximum absolute atomic E-state index is 13.5. The predicted octanol–water partition coefficient (Wildman–Crippen LogP) is 4.41. The van der Waals surface area contributed by atoms with Crippen molar-refractivity contribution in [3.05, 3.63) is 59.6 Å². The summed E-state index contributed by atoms with van der Waals surface area (Å²) in [6, 6.07) is 2.47. The predicted molar refractivity (Wildman–Crippen MR) is 116 cm³/mol. The molecule has 3 amide bonds. The zero-order valence-electron chi connectivity index (χ0n) is 19.1. The van der Waals surface area contributed by atoms with Gasteiger partial charge >= 0.3 is 24.5 Å². The number of halogens is 6. The van der Waals surface area contributed by atoms with Crippen LogP contribution in [-0.4, -0.2) is 63.2 Å². The third-order valence-corrected chi connectivity index (χ3v) is 6.29. The molecule has 1 aromatic heterocycles. The summed E-state index contributed by atoms with van der Waals surface area (Å²) in [5.41, 5.74) is -4.01. The first kappa shape index (κ1) is 26.4. The first-order valence-electron chi connectivity index (χ1n) is 10.9. The number of alkyl halides is 6. The molecule has 2 heterocycles. The van der Waals surface area contributed by atoms with Crippen LogP contribution in [0.3, 0.4) is 0 Å². The average molecular weight is 530 g/mol. The molecule has 2 aliphatic rings. The molecule has 1 aromatic carbocycles. The quantitative estimate of drug-likeness (QED) is 0.568. The van der Waals surface area contributed by atoms with Crippen molar-refractivity contribution in [2.24, 2.45) is 5.41 Å². The van der Waals surface area contributed by atoms with E-state index in [0.29, 0.717) is 27.4 Å². The zero-order chi connectivity index (χ0) is 27.2. The Hall–Kier alpha value is -3.68. The number of nitrogens with one attached hydrogen (secondary N) is 1. The Morgan fingerprint density at radius 2 is 1.97 bits per heavy atom. The lowest BCUT2D eigenvalue weighted by Crippen LogP contribution is -2.51. The van der Waals surface area contributed by atoms with Crippen LogP contribution in [0.15, 0.2) is 54.0 Å². The number of amides is 3. The number of hydrogen-bond donors (Lipinski definition) is 2. The van der Waals surface area contributed by atoms with Crippen molar-refractivity contribution in [2.45, 2.75) is 44.4 Å². The summed E-state index contributed by atoms with van der Waals surface area (Å²) < 4.78 is 85.8. The fourth-order valence-corrected chi connectivity index (χ4v) is 4.60. The average Bonchev–Trinajstić information content (AvgIpc) is 3.18. The van der Waals surface area contributed by atoms with Crippen molar-refractivity contribution in [2.75, 3.05) is 6.61 Å². The van der Waals surface area contributed by atoms with Crippen LogP contribution in [-0.2, 0) is 11.3 Å². The number of imide groups is 1. The number of cyclic esters (lactones) is 1. The molecule has 2 N–H and O–H groups in total. The lowest BCUT2D eigenvalue weighted by Gasteiger charge is -2.38. The SMILES string of the molecule is CC1([C@H]2OC(=O)N(C(=O)NCc3cccc4cncnc34)[C@H]2CO)C=C(C(F)(F)F)C=C(C(F)(F)F)C1. The number of carbonyl (C=O) groups excluding carboxylic acids is 2. The van der Waals surface area contributed by atoms with Crippen LogP contribution in [0.1, 0.15) is 18.9 Å². The van der Waals surface area contributed by atoms with Crippen molar-refractivity contribution in [3.8, 4) is 0 Å². The zero-order valence-corrected chi connectivity index (χ0v) is 19.1. The second-order valence-electron chi connectivity index (χ2n) is 8.91. The van der Waals surface area contributed by atoms with Crippen LogP contribution < -0.4 is 5.32 Å². The van der Waals surface area contributed by atoms with Gasteiger partial charge < -0.3 is 15.2 Å². The molecule has 0 radical (unpaired) electrons. The highest BCUT2D eigenvalue weighted by atomic mass is 19.4. The molecular formula is C23H20F6N4O4. The van der Waals surface area contributed by atoms with E-state index >= 15 is 0 Å². The Morgan fingerprint density at radius 3 is 2.62 bits per heavy atom. The van der Waals surface area contributed by atoms with E-state index in [1.807, 2.05) is 0 Å². The second-order valence-corrected chi connectivity index (χ2v) is 8.91. The summed E-state index contributed by atoms with van der Waals surface area (Å²) in [7, 11) is 0. The van der Waals surface area contributed by atoms with Crippen molar-refractivity contribution < 1.29 is 45.8 Å². The van der Waals surface area contributed by atoms with Crippen molar-refractivity contribution in [3.63, 3.8) is 0 Å². The number of aromatic nitrogens is 2. The summed E-state index contributed by atoms with van der Waals surface area (Å²) in [6.07, 6.45) is -10.8. The van der Waals surface area contributed by atoms with Crippen LogP contribution >= 0.6 is 0 Å². The van der Waals surface area contributed by atoms with Crippen LogP contribution in [0, 0.1) is 5.41 Å². The number of nitrogens with zero attached hydrogens (tertiary/aromatic N) is 3. The van der Waals surface area contributed by atoms with Crippen LogP contribution in [0.2, 0.25) is 0 Å². The molecule has 1 unspecified atom stereocenters. The first-order valence-corrected chi connectivity index (χ1v) is 10.9. The molecule has 0 bridgehead atoms. The van der Waals surface area contributed by atoms with Gasteiger partial charge in [-0.3, -0.25) is 0 Å². The molecule has 37 heavy (non-hydrogen) atoms. The molecule has 0 spiro atoms. The number of aliphatic hydroxyl groups excluding tert-OH is 1. The Morgan fingerprint density at radius 1 is 1.24 bits per heavy atom. The van der Waals surface area contributed by atoms with Gasteiger partial charge in [0.15, 0.2) is 0 Å². The highest BCUT2D eigenvalue weighted by Gasteiger charge is 2.56. The number of benzene rings is 1. The minimum Gasteiger partial charge on any atom is -0.442 e. The molecule has 1 aliphatic heterocycles. The second kappa shape index (κ2) is 9.32. The van der Waals surface area contributed by atoms with E-state index in [0.717, 1.165) is 6.92 Å². The summed E-state index contributed by atoms with van der Waals surface area (Å²) in [4.78, 5) is 34.0. The summed E-state index contributed by atoms with van der Waals surface area (Å²) >= 11 is 0. The van der Waals surface area contributed by atoms with E-state index in [-0.39, 0.29) is 12.6 Å². The normalized spacial score (nSPS) is 24.5. The van der Waals surface area contributed by atoms with Gasteiger partial charge in [-0.25, -0.2) is 24.5 Å². The third kappa shape index (κ3) is 5.10. The number of hydrogen-bond acceptors (Lipinski definition) is 6. The number of allylic oxidation sites excluding steroid dienone is 3. The summed E-state index contributed by atoms with van der Waals surface area (Å²) in [6.45, 7) is -0.0351. The molecule has 1 fully saturated rings. The monoisotopic (exact) mass is 530 g/mol.